The topological polar surface area (TPSA) is 80.4 Å². The van der Waals surface area contributed by atoms with Crippen LogP contribution in [-0.4, -0.2) is 29.9 Å². The maximum absolute atomic E-state index is 12.3. The fourth-order valence-electron chi connectivity index (χ4n) is 2.54. The molecule has 0 radical (unpaired) electrons. The van der Waals surface area contributed by atoms with E-state index in [0.29, 0.717) is 30.2 Å². The fraction of sp³-hybridized carbons (Fsp3) is 0.333. The molecule has 126 valence electrons. The lowest BCUT2D eigenvalue weighted by Crippen LogP contribution is -2.26. The number of aromatic amines is 1. The molecule has 0 unspecified atom stereocenters. The molecule has 1 aromatic heterocycles. The van der Waals surface area contributed by atoms with E-state index >= 15 is 0 Å². The third-order valence-electron chi connectivity index (χ3n) is 3.95. The average Bonchev–Trinajstić information content (AvgIpc) is 2.94. The summed E-state index contributed by atoms with van der Waals surface area (Å²) >= 11 is 0. The first kappa shape index (κ1) is 16.1. The fourth-order valence-corrected chi connectivity index (χ4v) is 2.54. The van der Waals surface area contributed by atoms with Gasteiger partial charge in [0.05, 0.1) is 19.3 Å². The van der Waals surface area contributed by atoms with Crippen molar-refractivity contribution in [3.63, 3.8) is 0 Å². The Labute approximate surface area is 140 Å². The lowest BCUT2D eigenvalue weighted by atomic mass is 10.1. The summed E-state index contributed by atoms with van der Waals surface area (Å²) in [6.07, 6.45) is 2.39. The van der Waals surface area contributed by atoms with Crippen molar-refractivity contribution in [1.29, 1.82) is 0 Å². The van der Waals surface area contributed by atoms with Crippen LogP contribution < -0.4 is 14.8 Å². The number of ether oxygens (including phenoxy) is 2. The number of Topliss-reactive ketones (excluding diaryl/α,β-unsaturated/α-hetero) is 1. The third-order valence-corrected chi connectivity index (χ3v) is 3.95. The number of benzene rings is 1. The minimum atomic E-state index is -0.262. The van der Waals surface area contributed by atoms with Crippen LogP contribution >= 0.6 is 0 Å². The molecule has 6 nitrogen and oxygen atoms in total. The number of rotatable bonds is 4. The SMILES string of the molecule is CC(=O)c1c[nH]c(C(=O)N[C@H](C)c2ccc3c(c2)OCCCO3)c1. The Hall–Kier alpha value is -2.76. The summed E-state index contributed by atoms with van der Waals surface area (Å²) in [5.41, 5.74) is 1.77. The van der Waals surface area contributed by atoms with Gasteiger partial charge in [0.25, 0.3) is 5.91 Å². The van der Waals surface area contributed by atoms with Gasteiger partial charge >= 0.3 is 0 Å². The Morgan fingerprint density at radius 1 is 1.17 bits per heavy atom. The second-order valence-electron chi connectivity index (χ2n) is 5.81. The molecule has 2 aromatic rings. The van der Waals surface area contributed by atoms with Crippen LogP contribution in [0.1, 0.15) is 52.7 Å². The van der Waals surface area contributed by atoms with E-state index in [0.717, 1.165) is 17.7 Å². The summed E-state index contributed by atoms with van der Waals surface area (Å²) in [5.74, 6) is 1.08. The first-order valence-electron chi connectivity index (χ1n) is 7.94. The van der Waals surface area contributed by atoms with E-state index in [9.17, 15) is 9.59 Å². The highest BCUT2D eigenvalue weighted by Crippen LogP contribution is 2.32. The Kier molecular flexibility index (Phi) is 4.55. The molecule has 1 atom stereocenters. The largest absolute Gasteiger partial charge is 0.490 e. The van der Waals surface area contributed by atoms with Gasteiger partial charge < -0.3 is 19.8 Å². The van der Waals surface area contributed by atoms with Crippen LogP contribution in [0.4, 0.5) is 0 Å². The number of amides is 1. The number of aromatic nitrogens is 1. The second-order valence-corrected chi connectivity index (χ2v) is 5.81. The Balaban J connectivity index is 1.72. The summed E-state index contributed by atoms with van der Waals surface area (Å²) < 4.78 is 11.3. The van der Waals surface area contributed by atoms with E-state index < -0.39 is 0 Å². The molecule has 2 heterocycles. The molecular formula is C18H20N2O4. The van der Waals surface area contributed by atoms with Crippen LogP contribution in [0.2, 0.25) is 0 Å². The standard InChI is InChI=1S/C18H20N2O4/c1-11(20-18(22)15-8-14(10-19-15)12(2)21)13-4-5-16-17(9-13)24-7-3-6-23-16/h4-5,8-11,19H,3,6-7H2,1-2H3,(H,20,22)/t11-/m1/s1. The van der Waals surface area contributed by atoms with Crippen LogP contribution in [0.15, 0.2) is 30.5 Å². The quantitative estimate of drug-likeness (QED) is 0.846. The lowest BCUT2D eigenvalue weighted by molar-refractivity contribution is 0.0935. The predicted octanol–water partition coefficient (Wildman–Crippen LogP) is 2.87. The summed E-state index contributed by atoms with van der Waals surface area (Å²) in [4.78, 5) is 26.4. The average molecular weight is 328 g/mol. The number of fused-ring (bicyclic) bond motifs is 1. The molecule has 0 aliphatic carbocycles. The zero-order valence-corrected chi connectivity index (χ0v) is 13.7. The van der Waals surface area contributed by atoms with E-state index in [-0.39, 0.29) is 17.7 Å². The van der Waals surface area contributed by atoms with Gasteiger partial charge in [0, 0.05) is 18.2 Å². The Morgan fingerprint density at radius 2 is 1.92 bits per heavy atom. The molecule has 3 rings (SSSR count). The van der Waals surface area contributed by atoms with E-state index in [4.69, 9.17) is 9.47 Å². The molecule has 0 fully saturated rings. The van der Waals surface area contributed by atoms with Crippen LogP contribution in [0.3, 0.4) is 0 Å². The number of H-pyrrole nitrogens is 1. The normalized spacial score (nSPS) is 14.6. The maximum atomic E-state index is 12.3. The number of hydrogen-bond donors (Lipinski definition) is 2. The van der Waals surface area contributed by atoms with E-state index in [1.165, 1.54) is 13.1 Å². The molecule has 24 heavy (non-hydrogen) atoms. The maximum Gasteiger partial charge on any atom is 0.268 e. The van der Waals surface area contributed by atoms with Crippen molar-refractivity contribution in [3.8, 4) is 11.5 Å². The predicted molar refractivity (Wildman–Crippen MR) is 88.7 cm³/mol. The van der Waals surface area contributed by atoms with Gasteiger partial charge in [-0.05, 0) is 37.6 Å². The Morgan fingerprint density at radius 3 is 2.62 bits per heavy atom. The number of carbonyl (C=O) groups is 2. The first-order chi connectivity index (χ1) is 11.5. The molecule has 1 aliphatic heterocycles. The van der Waals surface area contributed by atoms with Crippen molar-refractivity contribution >= 4 is 11.7 Å². The zero-order chi connectivity index (χ0) is 17.1. The van der Waals surface area contributed by atoms with Crippen LogP contribution in [0.25, 0.3) is 0 Å². The van der Waals surface area contributed by atoms with Gasteiger partial charge in [0.1, 0.15) is 5.69 Å². The number of hydrogen-bond acceptors (Lipinski definition) is 4. The van der Waals surface area contributed by atoms with Gasteiger partial charge in [0.15, 0.2) is 17.3 Å². The number of nitrogens with one attached hydrogen (secondary N) is 2. The van der Waals surface area contributed by atoms with Gasteiger partial charge in [-0.15, -0.1) is 0 Å². The van der Waals surface area contributed by atoms with Crippen LogP contribution in [-0.2, 0) is 0 Å². The highest BCUT2D eigenvalue weighted by molar-refractivity contribution is 5.99. The van der Waals surface area contributed by atoms with E-state index in [2.05, 4.69) is 10.3 Å². The van der Waals surface area contributed by atoms with Crippen LogP contribution in [0.5, 0.6) is 11.5 Å². The molecule has 0 saturated heterocycles. The van der Waals surface area contributed by atoms with Crippen LogP contribution in [0, 0.1) is 0 Å². The minimum absolute atomic E-state index is 0.0822. The van der Waals surface area contributed by atoms with Crippen molar-refractivity contribution in [1.82, 2.24) is 10.3 Å². The highest BCUT2D eigenvalue weighted by atomic mass is 16.5. The Bertz CT molecular complexity index is 766. The minimum Gasteiger partial charge on any atom is -0.490 e. The van der Waals surface area contributed by atoms with Crippen molar-refractivity contribution in [2.75, 3.05) is 13.2 Å². The molecular weight excluding hydrogens is 308 g/mol. The van der Waals surface area contributed by atoms with Crippen molar-refractivity contribution in [2.45, 2.75) is 26.3 Å². The van der Waals surface area contributed by atoms with Gasteiger partial charge in [0.2, 0.25) is 0 Å². The molecule has 1 amide bonds. The summed E-state index contributed by atoms with van der Waals surface area (Å²) in [7, 11) is 0. The second kappa shape index (κ2) is 6.78. The molecule has 0 saturated carbocycles. The third kappa shape index (κ3) is 3.42. The molecule has 1 aliphatic rings. The number of carbonyl (C=O) groups excluding carboxylic acids is 2. The molecule has 0 bridgehead atoms. The van der Waals surface area contributed by atoms with Gasteiger partial charge in [-0.25, -0.2) is 0 Å². The zero-order valence-electron chi connectivity index (χ0n) is 13.7. The van der Waals surface area contributed by atoms with Crippen molar-refractivity contribution < 1.29 is 19.1 Å². The monoisotopic (exact) mass is 328 g/mol. The summed E-state index contributed by atoms with van der Waals surface area (Å²) in [6.45, 7) is 4.62. The number of ketones is 1. The van der Waals surface area contributed by atoms with Gasteiger partial charge in [-0.2, -0.15) is 0 Å². The lowest BCUT2D eigenvalue weighted by Gasteiger charge is -2.16. The van der Waals surface area contributed by atoms with E-state index in [1.54, 1.807) is 6.07 Å². The first-order valence-corrected chi connectivity index (χ1v) is 7.94. The molecule has 0 spiro atoms. The molecule has 2 N–H and O–H groups in total. The summed E-state index contributed by atoms with van der Waals surface area (Å²) in [6, 6.07) is 7.01. The van der Waals surface area contributed by atoms with E-state index in [1.807, 2.05) is 25.1 Å². The summed E-state index contributed by atoms with van der Waals surface area (Å²) in [5, 5.41) is 2.91. The highest BCUT2D eigenvalue weighted by Gasteiger charge is 2.17. The molecule has 6 heteroatoms. The molecule has 1 aromatic carbocycles. The van der Waals surface area contributed by atoms with Crippen molar-refractivity contribution in [2.24, 2.45) is 0 Å². The van der Waals surface area contributed by atoms with Crippen molar-refractivity contribution in [3.05, 3.63) is 47.3 Å². The smallest absolute Gasteiger partial charge is 0.268 e. The van der Waals surface area contributed by atoms with Gasteiger partial charge in [-0.1, -0.05) is 6.07 Å². The van der Waals surface area contributed by atoms with Gasteiger partial charge in [-0.3, -0.25) is 9.59 Å².